The van der Waals surface area contributed by atoms with E-state index in [0.29, 0.717) is 13.0 Å². The first-order valence-electron chi connectivity index (χ1n) is 8.29. The Labute approximate surface area is 146 Å². The highest BCUT2D eigenvalue weighted by Gasteiger charge is 2.14. The van der Waals surface area contributed by atoms with E-state index in [1.165, 1.54) is 0 Å². The summed E-state index contributed by atoms with van der Waals surface area (Å²) in [5.74, 6) is 0.443. The summed E-state index contributed by atoms with van der Waals surface area (Å²) in [6, 6.07) is 17.3. The van der Waals surface area contributed by atoms with Gasteiger partial charge in [0, 0.05) is 17.3 Å². The van der Waals surface area contributed by atoms with Crippen LogP contribution in [-0.2, 0) is 16.0 Å². The van der Waals surface area contributed by atoms with Crippen LogP contribution in [0.25, 0.3) is 10.8 Å². The first-order chi connectivity index (χ1) is 12.2. The summed E-state index contributed by atoms with van der Waals surface area (Å²) in [5.41, 5.74) is 7.77. The van der Waals surface area contributed by atoms with Crippen molar-refractivity contribution < 1.29 is 9.53 Å². The number of rotatable bonds is 6. The van der Waals surface area contributed by atoms with E-state index in [0.717, 1.165) is 27.8 Å². The Hall–Kier alpha value is -2.92. The molecule has 5 heteroatoms. The molecular formula is C20H21N3O2. The number of fused-ring (bicyclic) bond motifs is 1. The molecule has 0 aliphatic carbocycles. The van der Waals surface area contributed by atoms with E-state index in [9.17, 15) is 4.79 Å². The van der Waals surface area contributed by atoms with E-state index >= 15 is 0 Å². The lowest BCUT2D eigenvalue weighted by molar-refractivity contribution is -0.144. The predicted molar refractivity (Wildman–Crippen MR) is 99.8 cm³/mol. The molecule has 0 spiro atoms. The van der Waals surface area contributed by atoms with Crippen LogP contribution >= 0.6 is 0 Å². The van der Waals surface area contributed by atoms with Gasteiger partial charge in [0.2, 0.25) is 0 Å². The van der Waals surface area contributed by atoms with Gasteiger partial charge in [0.25, 0.3) is 0 Å². The van der Waals surface area contributed by atoms with Gasteiger partial charge >= 0.3 is 5.97 Å². The fourth-order valence-electron chi connectivity index (χ4n) is 2.67. The van der Waals surface area contributed by atoms with Crippen molar-refractivity contribution in [2.45, 2.75) is 19.4 Å². The number of aromatic nitrogens is 1. The second kappa shape index (κ2) is 7.77. The van der Waals surface area contributed by atoms with Crippen LogP contribution in [-0.4, -0.2) is 23.6 Å². The number of carbonyl (C=O) groups excluding carboxylic acids is 1. The van der Waals surface area contributed by atoms with Gasteiger partial charge in [-0.3, -0.25) is 4.79 Å². The number of hydrogen-bond acceptors (Lipinski definition) is 5. The third kappa shape index (κ3) is 4.14. The molecule has 25 heavy (non-hydrogen) atoms. The Kier molecular flexibility index (Phi) is 5.26. The molecule has 1 aromatic heterocycles. The molecule has 5 nitrogen and oxygen atoms in total. The van der Waals surface area contributed by atoms with E-state index in [-0.39, 0.29) is 5.97 Å². The molecule has 0 aliphatic rings. The van der Waals surface area contributed by atoms with Crippen molar-refractivity contribution in [3.8, 4) is 0 Å². The topological polar surface area (TPSA) is 77.2 Å². The zero-order valence-electron chi connectivity index (χ0n) is 14.1. The monoisotopic (exact) mass is 335 g/mol. The van der Waals surface area contributed by atoms with Crippen LogP contribution in [0.4, 0.5) is 11.5 Å². The molecule has 1 heterocycles. The lowest BCUT2D eigenvalue weighted by atomic mass is 10.1. The molecule has 0 aliphatic heterocycles. The summed E-state index contributed by atoms with van der Waals surface area (Å²) in [6.07, 6.45) is 2.24. The van der Waals surface area contributed by atoms with Crippen LogP contribution in [0.5, 0.6) is 0 Å². The minimum absolute atomic E-state index is 0.341. The lowest BCUT2D eigenvalue weighted by Gasteiger charge is -2.12. The van der Waals surface area contributed by atoms with Crippen molar-refractivity contribution in [1.29, 1.82) is 0 Å². The molecule has 0 bridgehead atoms. The summed E-state index contributed by atoms with van der Waals surface area (Å²) in [4.78, 5) is 16.0. The van der Waals surface area contributed by atoms with E-state index in [2.05, 4.69) is 16.4 Å². The molecular weight excluding hydrogens is 314 g/mol. The SMILES string of the molecule is CCOC(=O)C(N)Cc1ccc(Nc2nccc3ccccc23)cc1. The maximum Gasteiger partial charge on any atom is 0.323 e. The Morgan fingerprint density at radius 2 is 1.92 bits per heavy atom. The maximum atomic E-state index is 11.6. The predicted octanol–water partition coefficient (Wildman–Crippen LogP) is 3.41. The van der Waals surface area contributed by atoms with E-state index in [1.54, 1.807) is 13.1 Å². The molecule has 128 valence electrons. The lowest BCUT2D eigenvalue weighted by Crippen LogP contribution is -2.34. The molecule has 3 N–H and O–H groups in total. The molecule has 0 saturated heterocycles. The van der Waals surface area contributed by atoms with Crippen molar-refractivity contribution in [3.63, 3.8) is 0 Å². The Morgan fingerprint density at radius 1 is 1.16 bits per heavy atom. The molecule has 0 fully saturated rings. The first-order valence-corrected chi connectivity index (χ1v) is 8.29. The number of nitrogens with two attached hydrogens (primary N) is 1. The molecule has 0 radical (unpaired) electrons. The molecule has 0 amide bonds. The third-order valence-electron chi connectivity index (χ3n) is 3.94. The summed E-state index contributed by atoms with van der Waals surface area (Å²) in [6.45, 7) is 2.11. The number of nitrogens with zero attached hydrogens (tertiary/aromatic N) is 1. The molecule has 3 rings (SSSR count). The van der Waals surface area contributed by atoms with Gasteiger partial charge in [0.15, 0.2) is 0 Å². The summed E-state index contributed by atoms with van der Waals surface area (Å²) >= 11 is 0. The van der Waals surface area contributed by atoms with Crippen molar-refractivity contribution >= 4 is 28.2 Å². The molecule has 3 aromatic rings. The van der Waals surface area contributed by atoms with Gasteiger partial charge in [0.1, 0.15) is 11.9 Å². The number of pyridine rings is 1. The second-order valence-corrected chi connectivity index (χ2v) is 5.77. The van der Waals surface area contributed by atoms with Crippen LogP contribution in [0, 0.1) is 0 Å². The minimum atomic E-state index is -0.640. The minimum Gasteiger partial charge on any atom is -0.465 e. The van der Waals surface area contributed by atoms with Gasteiger partial charge in [0.05, 0.1) is 6.61 Å². The number of nitrogens with one attached hydrogen (secondary N) is 1. The smallest absolute Gasteiger partial charge is 0.323 e. The Bertz CT molecular complexity index is 857. The largest absolute Gasteiger partial charge is 0.465 e. The highest BCUT2D eigenvalue weighted by atomic mass is 16.5. The molecule has 1 unspecified atom stereocenters. The van der Waals surface area contributed by atoms with Crippen LogP contribution < -0.4 is 11.1 Å². The standard InChI is InChI=1S/C20H21N3O2/c1-2-25-20(24)18(21)13-14-7-9-16(10-8-14)23-19-17-6-4-3-5-15(17)11-12-22-19/h3-12,18H,2,13,21H2,1H3,(H,22,23). The van der Waals surface area contributed by atoms with Crippen LogP contribution in [0.3, 0.4) is 0 Å². The van der Waals surface area contributed by atoms with Gasteiger partial charge in [-0.25, -0.2) is 4.98 Å². The second-order valence-electron chi connectivity index (χ2n) is 5.77. The normalized spacial score (nSPS) is 11.9. The van der Waals surface area contributed by atoms with Crippen molar-refractivity contribution in [3.05, 3.63) is 66.4 Å². The van der Waals surface area contributed by atoms with Crippen molar-refractivity contribution in [2.75, 3.05) is 11.9 Å². The Morgan fingerprint density at radius 3 is 2.68 bits per heavy atom. The summed E-state index contributed by atoms with van der Waals surface area (Å²) < 4.78 is 4.93. The van der Waals surface area contributed by atoms with E-state index in [4.69, 9.17) is 10.5 Å². The Balaban J connectivity index is 1.71. The number of carbonyl (C=O) groups is 1. The number of ether oxygens (including phenoxy) is 1. The van der Waals surface area contributed by atoms with Crippen LogP contribution in [0.1, 0.15) is 12.5 Å². The van der Waals surface area contributed by atoms with Gasteiger partial charge in [-0.05, 0) is 42.5 Å². The van der Waals surface area contributed by atoms with Crippen molar-refractivity contribution in [2.24, 2.45) is 5.73 Å². The molecule has 0 saturated carbocycles. The summed E-state index contributed by atoms with van der Waals surface area (Å²) in [7, 11) is 0. The number of hydrogen-bond donors (Lipinski definition) is 2. The number of anilines is 2. The fraction of sp³-hybridized carbons (Fsp3) is 0.200. The van der Waals surface area contributed by atoms with Crippen LogP contribution in [0.15, 0.2) is 60.8 Å². The molecule has 1 atom stereocenters. The number of esters is 1. The average molecular weight is 335 g/mol. The summed E-state index contributed by atoms with van der Waals surface area (Å²) in [5, 5.41) is 5.54. The quantitative estimate of drug-likeness (QED) is 0.675. The van der Waals surface area contributed by atoms with Crippen LogP contribution in [0.2, 0.25) is 0 Å². The maximum absolute atomic E-state index is 11.6. The van der Waals surface area contributed by atoms with Gasteiger partial charge < -0.3 is 15.8 Å². The van der Waals surface area contributed by atoms with Gasteiger partial charge in [-0.1, -0.05) is 36.4 Å². The highest BCUT2D eigenvalue weighted by Crippen LogP contribution is 2.24. The highest BCUT2D eigenvalue weighted by molar-refractivity contribution is 5.93. The fourth-order valence-corrected chi connectivity index (χ4v) is 2.67. The van der Waals surface area contributed by atoms with E-state index in [1.807, 2.05) is 48.5 Å². The van der Waals surface area contributed by atoms with Gasteiger partial charge in [-0.2, -0.15) is 0 Å². The van der Waals surface area contributed by atoms with E-state index < -0.39 is 6.04 Å². The molecule has 2 aromatic carbocycles. The number of benzene rings is 2. The zero-order chi connectivity index (χ0) is 17.6. The van der Waals surface area contributed by atoms with Gasteiger partial charge in [-0.15, -0.1) is 0 Å². The van der Waals surface area contributed by atoms with Crippen molar-refractivity contribution in [1.82, 2.24) is 4.98 Å². The zero-order valence-corrected chi connectivity index (χ0v) is 14.1. The average Bonchev–Trinajstić information content (AvgIpc) is 2.64. The first kappa shape index (κ1) is 16.9. The third-order valence-corrected chi connectivity index (χ3v) is 3.94.